The highest BCUT2D eigenvalue weighted by Gasteiger charge is 2.20. The smallest absolute Gasteiger partial charge is 0.144 e. The molecular weight excluding hydrogens is 208 g/mol. The number of hydrogen-bond acceptors (Lipinski definition) is 4. The maximum absolute atomic E-state index is 4.56. The SMILES string of the molecule is Cn1nc(-c2nccs2)c2c1CCNC2. The summed E-state index contributed by atoms with van der Waals surface area (Å²) in [6.07, 6.45) is 2.89. The van der Waals surface area contributed by atoms with Crippen molar-refractivity contribution in [2.45, 2.75) is 13.0 Å². The summed E-state index contributed by atoms with van der Waals surface area (Å²) in [5.74, 6) is 0. The van der Waals surface area contributed by atoms with Crippen LogP contribution in [0.25, 0.3) is 10.7 Å². The number of rotatable bonds is 1. The van der Waals surface area contributed by atoms with Crippen molar-refractivity contribution < 1.29 is 0 Å². The van der Waals surface area contributed by atoms with Gasteiger partial charge in [-0.1, -0.05) is 0 Å². The molecule has 78 valence electrons. The van der Waals surface area contributed by atoms with Gasteiger partial charge in [0.25, 0.3) is 0 Å². The van der Waals surface area contributed by atoms with Crippen LogP contribution in [-0.4, -0.2) is 21.3 Å². The second kappa shape index (κ2) is 3.43. The molecule has 4 nitrogen and oxygen atoms in total. The van der Waals surface area contributed by atoms with Crippen LogP contribution in [0.3, 0.4) is 0 Å². The minimum atomic E-state index is 0.915. The number of thiazole rings is 1. The molecule has 0 bridgehead atoms. The van der Waals surface area contributed by atoms with E-state index in [2.05, 4.69) is 15.4 Å². The molecule has 0 aromatic carbocycles. The zero-order valence-electron chi connectivity index (χ0n) is 8.53. The maximum atomic E-state index is 4.56. The van der Waals surface area contributed by atoms with Crippen molar-refractivity contribution >= 4 is 11.3 Å². The minimum absolute atomic E-state index is 0.915. The lowest BCUT2D eigenvalue weighted by atomic mass is 10.1. The predicted octanol–water partition coefficient (Wildman–Crippen LogP) is 1.19. The van der Waals surface area contributed by atoms with E-state index in [9.17, 15) is 0 Å². The Hall–Kier alpha value is -1.20. The van der Waals surface area contributed by atoms with Gasteiger partial charge >= 0.3 is 0 Å². The molecule has 0 spiro atoms. The quantitative estimate of drug-likeness (QED) is 0.785. The van der Waals surface area contributed by atoms with Crippen LogP contribution in [0.15, 0.2) is 11.6 Å². The van der Waals surface area contributed by atoms with Gasteiger partial charge in [-0.3, -0.25) is 4.68 Å². The van der Waals surface area contributed by atoms with Gasteiger partial charge in [-0.2, -0.15) is 5.10 Å². The third-order valence-electron chi connectivity index (χ3n) is 2.75. The lowest BCUT2D eigenvalue weighted by Gasteiger charge is -2.13. The Morgan fingerprint density at radius 3 is 3.27 bits per heavy atom. The largest absolute Gasteiger partial charge is 0.312 e. The topological polar surface area (TPSA) is 42.7 Å². The number of fused-ring (bicyclic) bond motifs is 1. The summed E-state index contributed by atoms with van der Waals surface area (Å²) in [6, 6.07) is 0. The van der Waals surface area contributed by atoms with Crippen molar-refractivity contribution in [1.82, 2.24) is 20.1 Å². The lowest BCUT2D eigenvalue weighted by Crippen LogP contribution is -2.24. The molecular formula is C10H12N4S. The normalized spacial score (nSPS) is 15.3. The van der Waals surface area contributed by atoms with Gasteiger partial charge in [-0.25, -0.2) is 4.98 Å². The van der Waals surface area contributed by atoms with Crippen molar-refractivity contribution in [3.05, 3.63) is 22.8 Å². The average Bonchev–Trinajstić information content (AvgIpc) is 2.87. The molecule has 0 atom stereocenters. The van der Waals surface area contributed by atoms with E-state index in [4.69, 9.17) is 0 Å². The molecule has 1 aliphatic rings. The molecule has 5 heteroatoms. The van der Waals surface area contributed by atoms with Crippen molar-refractivity contribution in [3.8, 4) is 10.7 Å². The summed E-state index contributed by atoms with van der Waals surface area (Å²) < 4.78 is 1.99. The van der Waals surface area contributed by atoms with Gasteiger partial charge in [0.1, 0.15) is 10.7 Å². The molecule has 0 amide bonds. The van der Waals surface area contributed by atoms with Gasteiger partial charge in [0, 0.05) is 49.4 Å². The Labute approximate surface area is 92.0 Å². The summed E-state index contributed by atoms with van der Waals surface area (Å²) in [5, 5.41) is 11.0. The highest BCUT2D eigenvalue weighted by Crippen LogP contribution is 2.28. The Morgan fingerprint density at radius 1 is 1.53 bits per heavy atom. The van der Waals surface area contributed by atoms with Crippen LogP contribution in [-0.2, 0) is 20.0 Å². The fraction of sp³-hybridized carbons (Fsp3) is 0.400. The zero-order valence-corrected chi connectivity index (χ0v) is 9.34. The van der Waals surface area contributed by atoms with E-state index >= 15 is 0 Å². The first-order chi connectivity index (χ1) is 7.36. The molecule has 15 heavy (non-hydrogen) atoms. The Balaban J connectivity index is 2.16. The molecule has 0 fully saturated rings. The van der Waals surface area contributed by atoms with Gasteiger partial charge in [0.2, 0.25) is 0 Å². The first-order valence-electron chi connectivity index (χ1n) is 5.01. The summed E-state index contributed by atoms with van der Waals surface area (Å²) in [4.78, 5) is 4.32. The van der Waals surface area contributed by atoms with Gasteiger partial charge < -0.3 is 5.32 Å². The van der Waals surface area contributed by atoms with E-state index in [0.717, 1.165) is 30.2 Å². The standard InChI is InChI=1S/C10H12N4S/c1-14-8-2-3-11-6-7(8)9(13-14)10-12-4-5-15-10/h4-5,11H,2-3,6H2,1H3. The highest BCUT2D eigenvalue weighted by atomic mass is 32.1. The third-order valence-corrected chi connectivity index (χ3v) is 3.53. The first-order valence-corrected chi connectivity index (χ1v) is 5.89. The summed E-state index contributed by atoms with van der Waals surface area (Å²) in [5.41, 5.74) is 3.72. The van der Waals surface area contributed by atoms with E-state index in [1.807, 2.05) is 23.3 Å². The van der Waals surface area contributed by atoms with Crippen molar-refractivity contribution in [1.29, 1.82) is 0 Å². The number of nitrogens with one attached hydrogen (secondary N) is 1. The van der Waals surface area contributed by atoms with E-state index in [1.165, 1.54) is 11.3 Å². The maximum Gasteiger partial charge on any atom is 0.144 e. The summed E-state index contributed by atoms with van der Waals surface area (Å²) in [6.45, 7) is 1.96. The van der Waals surface area contributed by atoms with Crippen LogP contribution in [0, 0.1) is 0 Å². The molecule has 0 saturated carbocycles. The lowest BCUT2D eigenvalue weighted by molar-refractivity contribution is 0.604. The van der Waals surface area contributed by atoms with Gasteiger partial charge in [-0.15, -0.1) is 11.3 Å². The third kappa shape index (κ3) is 1.39. The number of nitrogens with zero attached hydrogens (tertiary/aromatic N) is 3. The summed E-state index contributed by atoms with van der Waals surface area (Å²) >= 11 is 1.65. The number of aromatic nitrogens is 3. The predicted molar refractivity (Wildman–Crippen MR) is 59.7 cm³/mol. The molecule has 0 radical (unpaired) electrons. The molecule has 1 aliphatic heterocycles. The first kappa shape index (κ1) is 9.06. The molecule has 0 unspecified atom stereocenters. The average molecular weight is 220 g/mol. The van der Waals surface area contributed by atoms with Crippen LogP contribution >= 0.6 is 11.3 Å². The van der Waals surface area contributed by atoms with Gasteiger partial charge in [-0.05, 0) is 0 Å². The molecule has 2 aromatic rings. The van der Waals surface area contributed by atoms with Crippen molar-refractivity contribution in [2.75, 3.05) is 6.54 Å². The summed E-state index contributed by atoms with van der Waals surface area (Å²) in [7, 11) is 2.02. The fourth-order valence-corrected chi connectivity index (χ4v) is 2.68. The molecule has 1 N–H and O–H groups in total. The van der Waals surface area contributed by atoms with Crippen LogP contribution in [0.1, 0.15) is 11.3 Å². The Morgan fingerprint density at radius 2 is 2.47 bits per heavy atom. The van der Waals surface area contributed by atoms with Crippen LogP contribution in [0.4, 0.5) is 0 Å². The van der Waals surface area contributed by atoms with Crippen LogP contribution in [0.5, 0.6) is 0 Å². The minimum Gasteiger partial charge on any atom is -0.312 e. The van der Waals surface area contributed by atoms with Crippen LogP contribution in [0.2, 0.25) is 0 Å². The molecule has 3 heterocycles. The Kier molecular flexibility index (Phi) is 2.07. The zero-order chi connectivity index (χ0) is 10.3. The number of aryl methyl sites for hydroxylation is 1. The van der Waals surface area contributed by atoms with Gasteiger partial charge in [0.05, 0.1) is 0 Å². The highest BCUT2D eigenvalue weighted by molar-refractivity contribution is 7.13. The molecule has 0 saturated heterocycles. The van der Waals surface area contributed by atoms with E-state index in [0.29, 0.717) is 0 Å². The Bertz CT molecular complexity index is 472. The van der Waals surface area contributed by atoms with E-state index in [-0.39, 0.29) is 0 Å². The molecule has 0 aliphatic carbocycles. The van der Waals surface area contributed by atoms with Crippen molar-refractivity contribution in [2.24, 2.45) is 7.05 Å². The van der Waals surface area contributed by atoms with Crippen LogP contribution < -0.4 is 5.32 Å². The van der Waals surface area contributed by atoms with Gasteiger partial charge in [0.15, 0.2) is 0 Å². The number of hydrogen-bond donors (Lipinski definition) is 1. The second-order valence-corrected chi connectivity index (χ2v) is 4.56. The van der Waals surface area contributed by atoms with Crippen molar-refractivity contribution in [3.63, 3.8) is 0 Å². The van der Waals surface area contributed by atoms with E-state index < -0.39 is 0 Å². The monoisotopic (exact) mass is 220 g/mol. The van der Waals surface area contributed by atoms with E-state index in [1.54, 1.807) is 11.3 Å². The fourth-order valence-electron chi connectivity index (χ4n) is 2.03. The molecule has 3 rings (SSSR count). The second-order valence-electron chi connectivity index (χ2n) is 3.66. The molecule has 2 aromatic heterocycles.